The number of anilines is 1. The van der Waals surface area contributed by atoms with Crippen molar-refractivity contribution in [3.8, 4) is 11.4 Å². The van der Waals surface area contributed by atoms with Gasteiger partial charge in [-0.2, -0.15) is 0 Å². The molecule has 3 heterocycles. The molecule has 0 fully saturated rings. The highest BCUT2D eigenvalue weighted by molar-refractivity contribution is 7.14. The average molecular weight is 425 g/mol. The zero-order valence-electron chi connectivity index (χ0n) is 15.5. The summed E-state index contributed by atoms with van der Waals surface area (Å²) in [6.07, 6.45) is 2.23. The summed E-state index contributed by atoms with van der Waals surface area (Å²) in [7, 11) is 0. The molecule has 1 N–H and O–H groups in total. The quantitative estimate of drug-likeness (QED) is 0.354. The van der Waals surface area contributed by atoms with Crippen molar-refractivity contribution in [1.82, 2.24) is 14.5 Å². The summed E-state index contributed by atoms with van der Waals surface area (Å²) in [6.45, 7) is 0.244. The fourth-order valence-electron chi connectivity index (χ4n) is 2.92. The first kappa shape index (κ1) is 19.5. The van der Waals surface area contributed by atoms with E-state index in [2.05, 4.69) is 15.3 Å². The second-order valence-electron chi connectivity index (χ2n) is 6.33. The van der Waals surface area contributed by atoms with Crippen LogP contribution in [0.15, 0.2) is 57.2 Å². The van der Waals surface area contributed by atoms with Crippen LogP contribution < -0.4 is 11.1 Å². The fourth-order valence-corrected chi connectivity index (χ4v) is 3.64. The number of carbonyl (C=O) groups excluding carboxylic acids is 1. The summed E-state index contributed by atoms with van der Waals surface area (Å²) in [5.74, 6) is -0.848. The van der Waals surface area contributed by atoms with Gasteiger partial charge in [-0.05, 0) is 24.6 Å². The van der Waals surface area contributed by atoms with E-state index < -0.39 is 10.7 Å². The third kappa shape index (κ3) is 4.10. The number of nitrogens with one attached hydrogen (secondary N) is 1. The second-order valence-corrected chi connectivity index (χ2v) is 7.19. The van der Waals surface area contributed by atoms with Gasteiger partial charge in [-0.1, -0.05) is 6.07 Å². The number of amides is 1. The van der Waals surface area contributed by atoms with Crippen LogP contribution in [0.4, 0.5) is 10.8 Å². The molecule has 4 rings (SSSR count). The lowest BCUT2D eigenvalue weighted by atomic mass is 10.2. The molecule has 152 valence electrons. The highest BCUT2D eigenvalue weighted by Gasteiger charge is 2.15. The molecule has 1 aromatic carbocycles. The van der Waals surface area contributed by atoms with Crippen molar-refractivity contribution in [3.63, 3.8) is 0 Å². The number of nitro groups is 1. The van der Waals surface area contributed by atoms with Gasteiger partial charge in [0.05, 0.1) is 22.2 Å². The molecule has 3 aromatic heterocycles. The summed E-state index contributed by atoms with van der Waals surface area (Å²) in [4.78, 5) is 43.1. The Labute approximate surface area is 173 Å². The molecular formula is C19H15N5O5S. The summed E-state index contributed by atoms with van der Waals surface area (Å²) in [5, 5.41) is 15.9. The number of non-ortho nitro benzene ring substituents is 1. The molecule has 0 aliphatic carbocycles. The van der Waals surface area contributed by atoms with Crippen LogP contribution in [0.25, 0.3) is 22.5 Å². The molecule has 0 unspecified atom stereocenters. The van der Waals surface area contributed by atoms with Gasteiger partial charge in [0, 0.05) is 30.6 Å². The maximum atomic E-state index is 12.2. The van der Waals surface area contributed by atoms with E-state index in [0.29, 0.717) is 22.8 Å². The minimum Gasteiger partial charge on any atom is -0.407 e. The zero-order valence-corrected chi connectivity index (χ0v) is 16.3. The number of nitro benzene ring substituents is 1. The number of fused-ring (bicyclic) bond motifs is 1. The van der Waals surface area contributed by atoms with Crippen LogP contribution in [0, 0.1) is 10.1 Å². The van der Waals surface area contributed by atoms with Gasteiger partial charge in [0.15, 0.2) is 10.7 Å². The Balaban J connectivity index is 1.36. The number of pyridine rings is 1. The number of nitrogens with zero attached hydrogens (tertiary/aromatic N) is 4. The lowest BCUT2D eigenvalue weighted by molar-refractivity contribution is -0.384. The second kappa shape index (κ2) is 8.25. The number of aryl methyl sites for hydroxylation is 1. The summed E-state index contributed by atoms with van der Waals surface area (Å²) >= 11 is 1.30. The molecular weight excluding hydrogens is 410 g/mol. The molecule has 11 heteroatoms. The van der Waals surface area contributed by atoms with Gasteiger partial charge in [0.25, 0.3) is 5.69 Å². The number of aromatic nitrogens is 3. The van der Waals surface area contributed by atoms with Crippen LogP contribution in [-0.2, 0) is 11.3 Å². The number of thiazole rings is 1. The molecule has 1 amide bonds. The van der Waals surface area contributed by atoms with Crippen LogP contribution in [0.5, 0.6) is 0 Å². The Morgan fingerprint density at radius 3 is 2.90 bits per heavy atom. The van der Waals surface area contributed by atoms with Gasteiger partial charge in [-0.3, -0.25) is 24.5 Å². The van der Waals surface area contributed by atoms with E-state index in [4.69, 9.17) is 4.42 Å². The maximum absolute atomic E-state index is 12.2. The Kier molecular flexibility index (Phi) is 5.35. The van der Waals surface area contributed by atoms with Gasteiger partial charge in [-0.15, -0.1) is 11.3 Å². The Morgan fingerprint density at radius 1 is 1.27 bits per heavy atom. The molecule has 0 bridgehead atoms. The number of hydrogen-bond donors (Lipinski definition) is 1. The highest BCUT2D eigenvalue weighted by Crippen LogP contribution is 2.23. The molecule has 0 saturated carbocycles. The molecule has 0 radical (unpaired) electrons. The topological polar surface area (TPSA) is 133 Å². The van der Waals surface area contributed by atoms with E-state index in [1.807, 2.05) is 23.6 Å². The van der Waals surface area contributed by atoms with E-state index >= 15 is 0 Å². The van der Waals surface area contributed by atoms with Gasteiger partial charge in [0.1, 0.15) is 5.69 Å². The zero-order chi connectivity index (χ0) is 21.1. The number of rotatable bonds is 7. The first-order valence-corrected chi connectivity index (χ1v) is 9.84. The van der Waals surface area contributed by atoms with Crippen molar-refractivity contribution in [1.29, 1.82) is 0 Å². The smallest absolute Gasteiger partial charge is 0.407 e. The molecule has 0 spiro atoms. The van der Waals surface area contributed by atoms with Crippen molar-refractivity contribution in [2.24, 2.45) is 0 Å². The van der Waals surface area contributed by atoms with Crippen LogP contribution in [0.2, 0.25) is 0 Å². The van der Waals surface area contributed by atoms with Gasteiger partial charge < -0.3 is 9.73 Å². The van der Waals surface area contributed by atoms with Crippen LogP contribution in [0.3, 0.4) is 0 Å². The molecule has 0 aliphatic rings. The Hall–Kier alpha value is -3.86. The first-order chi connectivity index (χ1) is 14.5. The predicted octanol–water partition coefficient (Wildman–Crippen LogP) is 3.44. The van der Waals surface area contributed by atoms with Gasteiger partial charge in [-0.25, -0.2) is 9.78 Å². The van der Waals surface area contributed by atoms with E-state index in [0.717, 1.165) is 5.69 Å². The van der Waals surface area contributed by atoms with Crippen molar-refractivity contribution >= 4 is 39.2 Å². The van der Waals surface area contributed by atoms with Gasteiger partial charge >= 0.3 is 5.76 Å². The molecule has 4 aromatic rings. The van der Waals surface area contributed by atoms with Gasteiger partial charge in [0.2, 0.25) is 5.91 Å². The number of carbonyl (C=O) groups is 1. The third-order valence-electron chi connectivity index (χ3n) is 4.33. The summed E-state index contributed by atoms with van der Waals surface area (Å²) in [6, 6.07) is 9.49. The molecule has 0 saturated heterocycles. The highest BCUT2D eigenvalue weighted by atomic mass is 32.1. The van der Waals surface area contributed by atoms with Crippen LogP contribution in [-0.4, -0.2) is 25.4 Å². The minimum absolute atomic E-state index is 0.142. The third-order valence-corrected chi connectivity index (χ3v) is 5.08. The van der Waals surface area contributed by atoms with Crippen molar-refractivity contribution in [2.45, 2.75) is 19.4 Å². The van der Waals surface area contributed by atoms with E-state index in [1.54, 1.807) is 6.20 Å². The number of hydrogen-bond acceptors (Lipinski definition) is 8. The molecule has 10 nitrogen and oxygen atoms in total. The van der Waals surface area contributed by atoms with E-state index in [-0.39, 0.29) is 30.1 Å². The van der Waals surface area contributed by atoms with E-state index in [9.17, 15) is 19.7 Å². The maximum Gasteiger partial charge on any atom is 0.419 e. The Morgan fingerprint density at radius 2 is 2.13 bits per heavy atom. The Bertz CT molecular complexity index is 1280. The largest absolute Gasteiger partial charge is 0.419 e. The average Bonchev–Trinajstić information content (AvgIpc) is 3.32. The normalized spacial score (nSPS) is 10.9. The lowest BCUT2D eigenvalue weighted by Gasteiger charge is -2.03. The number of benzene rings is 1. The number of oxazole rings is 1. The van der Waals surface area contributed by atoms with Crippen LogP contribution in [0.1, 0.15) is 12.8 Å². The first-order valence-electron chi connectivity index (χ1n) is 8.96. The standard InChI is InChI=1S/C19H15N5O5S/c25-17(22-18-21-14(11-30-18)13-4-1-2-8-20-13)5-3-9-23-15-7-6-12(24(27)28)10-16(15)29-19(23)26/h1-2,4,6-8,10-11H,3,5,9H2,(H,21,22,25). The summed E-state index contributed by atoms with van der Waals surface area (Å²) in [5.41, 5.74) is 1.84. The van der Waals surface area contributed by atoms with E-state index in [1.165, 1.54) is 34.1 Å². The van der Waals surface area contributed by atoms with Crippen molar-refractivity contribution in [2.75, 3.05) is 5.32 Å². The van der Waals surface area contributed by atoms with Crippen molar-refractivity contribution < 1.29 is 14.1 Å². The SMILES string of the molecule is O=C(CCCn1c(=O)oc2cc([N+](=O)[O-])ccc21)Nc1nc(-c2ccccn2)cs1. The molecule has 30 heavy (non-hydrogen) atoms. The molecule has 0 atom stereocenters. The summed E-state index contributed by atoms with van der Waals surface area (Å²) < 4.78 is 6.43. The minimum atomic E-state index is -0.620. The van der Waals surface area contributed by atoms with Crippen molar-refractivity contribution in [3.05, 3.63) is 68.6 Å². The lowest BCUT2D eigenvalue weighted by Crippen LogP contribution is -2.17. The predicted molar refractivity (Wildman–Crippen MR) is 110 cm³/mol. The van der Waals surface area contributed by atoms with Crippen LogP contribution >= 0.6 is 11.3 Å². The molecule has 0 aliphatic heterocycles. The fraction of sp³-hybridized carbons (Fsp3) is 0.158. The monoisotopic (exact) mass is 425 g/mol.